The molecule has 0 aromatic carbocycles. The summed E-state index contributed by atoms with van der Waals surface area (Å²) in [5, 5.41) is 3.45. The van der Waals surface area contributed by atoms with E-state index in [2.05, 4.69) is 32.7 Å². The Hall–Kier alpha value is -0.300. The Morgan fingerprint density at radius 1 is 1.70 bits per heavy atom. The van der Waals surface area contributed by atoms with Crippen molar-refractivity contribution in [3.05, 3.63) is 12.2 Å². The van der Waals surface area contributed by atoms with Gasteiger partial charge >= 0.3 is 0 Å². The fourth-order valence-electron chi connectivity index (χ4n) is 1.11. The number of nitrogens with one attached hydrogen (secondary N) is 1. The van der Waals surface area contributed by atoms with Gasteiger partial charge in [0.05, 0.1) is 0 Å². The lowest BCUT2D eigenvalue weighted by Crippen LogP contribution is -2.21. The van der Waals surface area contributed by atoms with Crippen LogP contribution in [0.15, 0.2) is 12.2 Å². The van der Waals surface area contributed by atoms with Crippen molar-refractivity contribution in [2.75, 3.05) is 6.54 Å². The van der Waals surface area contributed by atoms with Gasteiger partial charge in [-0.15, -0.1) is 0 Å². The van der Waals surface area contributed by atoms with Gasteiger partial charge in [0.15, 0.2) is 0 Å². The first-order valence-corrected chi connectivity index (χ1v) is 3.90. The van der Waals surface area contributed by atoms with Crippen molar-refractivity contribution in [1.82, 2.24) is 5.32 Å². The molecular weight excluding hydrogens is 122 g/mol. The molecule has 58 valence electrons. The molecule has 0 spiro atoms. The standard InChI is InChI=1S/C9H17N/c1-7(2)6-10-8-5-9(8,3)4/h8,10H,1,5-6H2,2-4H3. The second-order valence-electron chi connectivity index (χ2n) is 4.08. The zero-order valence-electron chi connectivity index (χ0n) is 7.20. The summed E-state index contributed by atoms with van der Waals surface area (Å²) < 4.78 is 0. The predicted molar refractivity (Wildman–Crippen MR) is 45.0 cm³/mol. The lowest BCUT2D eigenvalue weighted by Gasteiger charge is -2.04. The molecule has 0 aromatic rings. The molecule has 1 aliphatic carbocycles. The lowest BCUT2D eigenvalue weighted by atomic mass is 10.2. The Balaban J connectivity index is 2.13. The summed E-state index contributed by atoms with van der Waals surface area (Å²) in [7, 11) is 0. The fourth-order valence-corrected chi connectivity index (χ4v) is 1.11. The lowest BCUT2D eigenvalue weighted by molar-refractivity contribution is 0.558. The minimum absolute atomic E-state index is 0.551. The van der Waals surface area contributed by atoms with Gasteiger partial charge < -0.3 is 5.32 Å². The molecular formula is C9H17N. The Morgan fingerprint density at radius 2 is 2.20 bits per heavy atom. The Morgan fingerprint density at radius 3 is 2.50 bits per heavy atom. The minimum atomic E-state index is 0.551. The van der Waals surface area contributed by atoms with Gasteiger partial charge in [-0.25, -0.2) is 0 Å². The van der Waals surface area contributed by atoms with Gasteiger partial charge in [-0.2, -0.15) is 0 Å². The van der Waals surface area contributed by atoms with Gasteiger partial charge in [0.2, 0.25) is 0 Å². The minimum Gasteiger partial charge on any atom is -0.310 e. The molecule has 1 fully saturated rings. The molecule has 0 aromatic heterocycles. The molecule has 0 heterocycles. The van der Waals surface area contributed by atoms with Crippen LogP contribution in [0.5, 0.6) is 0 Å². The molecule has 0 radical (unpaired) electrons. The van der Waals surface area contributed by atoms with Crippen LogP contribution in [0.2, 0.25) is 0 Å². The van der Waals surface area contributed by atoms with Crippen LogP contribution in [0, 0.1) is 5.41 Å². The van der Waals surface area contributed by atoms with Crippen molar-refractivity contribution >= 4 is 0 Å². The molecule has 1 aliphatic rings. The Kier molecular flexibility index (Phi) is 1.86. The van der Waals surface area contributed by atoms with Crippen molar-refractivity contribution in [1.29, 1.82) is 0 Å². The van der Waals surface area contributed by atoms with Gasteiger partial charge in [0.1, 0.15) is 0 Å². The first-order valence-electron chi connectivity index (χ1n) is 3.90. The highest BCUT2D eigenvalue weighted by molar-refractivity contribution is 5.04. The summed E-state index contributed by atoms with van der Waals surface area (Å²) >= 11 is 0. The topological polar surface area (TPSA) is 12.0 Å². The second-order valence-corrected chi connectivity index (χ2v) is 4.08. The molecule has 0 amide bonds. The van der Waals surface area contributed by atoms with E-state index in [4.69, 9.17) is 0 Å². The quantitative estimate of drug-likeness (QED) is 0.589. The third kappa shape index (κ3) is 1.84. The SMILES string of the molecule is C=C(C)CNC1CC1(C)C. The van der Waals surface area contributed by atoms with E-state index in [9.17, 15) is 0 Å². The van der Waals surface area contributed by atoms with E-state index >= 15 is 0 Å². The molecule has 1 atom stereocenters. The maximum Gasteiger partial charge on any atom is 0.0161 e. The highest BCUT2D eigenvalue weighted by atomic mass is 15.0. The van der Waals surface area contributed by atoms with Crippen molar-refractivity contribution in [3.8, 4) is 0 Å². The molecule has 0 bridgehead atoms. The molecule has 0 aliphatic heterocycles. The van der Waals surface area contributed by atoms with Gasteiger partial charge in [0.25, 0.3) is 0 Å². The van der Waals surface area contributed by atoms with Crippen LogP contribution in [0.4, 0.5) is 0 Å². The molecule has 10 heavy (non-hydrogen) atoms. The molecule has 0 saturated heterocycles. The van der Waals surface area contributed by atoms with Crippen LogP contribution >= 0.6 is 0 Å². The Labute approximate surface area is 63.5 Å². The summed E-state index contributed by atoms with van der Waals surface area (Å²) in [6, 6.07) is 0.740. The van der Waals surface area contributed by atoms with Crippen LogP contribution in [0.25, 0.3) is 0 Å². The van der Waals surface area contributed by atoms with Gasteiger partial charge in [-0.3, -0.25) is 0 Å². The molecule has 1 unspecified atom stereocenters. The van der Waals surface area contributed by atoms with Gasteiger partial charge in [0, 0.05) is 12.6 Å². The zero-order valence-corrected chi connectivity index (χ0v) is 7.20. The predicted octanol–water partition coefficient (Wildman–Crippen LogP) is 1.95. The van der Waals surface area contributed by atoms with Crippen LogP contribution in [-0.2, 0) is 0 Å². The van der Waals surface area contributed by atoms with Gasteiger partial charge in [-0.05, 0) is 18.8 Å². The van der Waals surface area contributed by atoms with Gasteiger partial charge in [-0.1, -0.05) is 26.0 Å². The molecule has 1 heteroatoms. The third-order valence-electron chi connectivity index (χ3n) is 2.16. The number of hydrogen-bond acceptors (Lipinski definition) is 1. The van der Waals surface area contributed by atoms with E-state index in [1.54, 1.807) is 0 Å². The van der Waals surface area contributed by atoms with E-state index in [1.165, 1.54) is 12.0 Å². The zero-order chi connectivity index (χ0) is 7.78. The van der Waals surface area contributed by atoms with Crippen LogP contribution < -0.4 is 5.32 Å². The Bertz CT molecular complexity index is 147. The van der Waals surface area contributed by atoms with E-state index in [0.29, 0.717) is 5.41 Å². The summed E-state index contributed by atoms with van der Waals surface area (Å²) in [5.74, 6) is 0. The number of rotatable bonds is 3. The maximum absolute atomic E-state index is 3.84. The van der Waals surface area contributed by atoms with Crippen molar-refractivity contribution in [2.45, 2.75) is 33.2 Å². The first kappa shape index (κ1) is 7.80. The summed E-state index contributed by atoms with van der Waals surface area (Å²) in [4.78, 5) is 0. The van der Waals surface area contributed by atoms with E-state index in [-0.39, 0.29) is 0 Å². The van der Waals surface area contributed by atoms with E-state index in [1.807, 2.05) is 0 Å². The maximum atomic E-state index is 3.84. The third-order valence-corrected chi connectivity index (χ3v) is 2.16. The molecule has 1 N–H and O–H groups in total. The first-order chi connectivity index (χ1) is 4.52. The average Bonchev–Trinajstić information content (AvgIpc) is 2.35. The highest BCUT2D eigenvalue weighted by Crippen LogP contribution is 2.44. The highest BCUT2D eigenvalue weighted by Gasteiger charge is 2.44. The van der Waals surface area contributed by atoms with E-state index in [0.717, 1.165) is 12.6 Å². The number of hydrogen-bond donors (Lipinski definition) is 1. The largest absolute Gasteiger partial charge is 0.310 e. The average molecular weight is 139 g/mol. The molecule has 1 saturated carbocycles. The van der Waals surface area contributed by atoms with Crippen molar-refractivity contribution in [3.63, 3.8) is 0 Å². The summed E-state index contributed by atoms with van der Waals surface area (Å²) in [6.45, 7) is 11.5. The monoisotopic (exact) mass is 139 g/mol. The van der Waals surface area contributed by atoms with E-state index < -0.39 is 0 Å². The normalized spacial score (nSPS) is 28.1. The smallest absolute Gasteiger partial charge is 0.0161 e. The van der Waals surface area contributed by atoms with Crippen LogP contribution in [0.1, 0.15) is 27.2 Å². The van der Waals surface area contributed by atoms with Crippen LogP contribution in [-0.4, -0.2) is 12.6 Å². The van der Waals surface area contributed by atoms with Crippen molar-refractivity contribution in [2.24, 2.45) is 5.41 Å². The van der Waals surface area contributed by atoms with Crippen LogP contribution in [0.3, 0.4) is 0 Å². The van der Waals surface area contributed by atoms with Crippen molar-refractivity contribution < 1.29 is 0 Å². The summed E-state index contributed by atoms with van der Waals surface area (Å²) in [6.07, 6.45) is 1.32. The fraction of sp³-hybridized carbons (Fsp3) is 0.778. The molecule has 1 rings (SSSR count). The second kappa shape index (κ2) is 2.39. The summed E-state index contributed by atoms with van der Waals surface area (Å²) in [5.41, 5.74) is 1.78. The molecule has 1 nitrogen and oxygen atoms in total.